The molecule has 160 valence electrons. The third-order valence-corrected chi connectivity index (χ3v) is 5.22. The van der Waals surface area contributed by atoms with Gasteiger partial charge in [0.2, 0.25) is 5.91 Å². The number of ether oxygens (including phenoxy) is 1. The molecule has 1 aromatic carbocycles. The number of aliphatic carboxylic acids is 1. The second kappa shape index (κ2) is 12.4. The first-order chi connectivity index (χ1) is 14.0. The fraction of sp³-hybridized carbons (Fsp3) is 0.565. The standard InChI is InChI=1S/C23H33NO5/c1-29-17-19-8-6-7-18(15-19)16-21(25)12-10-20-11-13-22(26)24(20)14-5-3-2-4-9-23(27)28/h6-8,10,12,15,20-21,25H,2-5,9,11,13-14,16-17H2,1H3,(H,27,28)/t20-,21+/m0/s1. The molecular formula is C23H33NO5. The van der Waals surface area contributed by atoms with Gasteiger partial charge in [-0.25, -0.2) is 0 Å². The minimum absolute atomic E-state index is 0.0380. The van der Waals surface area contributed by atoms with Gasteiger partial charge in [0.05, 0.1) is 18.8 Å². The molecule has 2 N–H and O–H groups in total. The molecule has 0 aliphatic carbocycles. The van der Waals surface area contributed by atoms with E-state index in [2.05, 4.69) is 0 Å². The molecule has 0 unspecified atom stereocenters. The van der Waals surface area contributed by atoms with Crippen LogP contribution in [0, 0.1) is 0 Å². The van der Waals surface area contributed by atoms with Crippen molar-refractivity contribution in [3.05, 3.63) is 47.5 Å². The minimum atomic E-state index is -0.756. The predicted octanol–water partition coefficient (Wildman–Crippen LogP) is 3.32. The highest BCUT2D eigenvalue weighted by atomic mass is 16.5. The highest BCUT2D eigenvalue weighted by molar-refractivity contribution is 5.79. The molecule has 0 aromatic heterocycles. The fourth-order valence-electron chi connectivity index (χ4n) is 3.74. The van der Waals surface area contributed by atoms with Gasteiger partial charge in [0.1, 0.15) is 0 Å². The second-order valence-corrected chi connectivity index (χ2v) is 7.66. The van der Waals surface area contributed by atoms with Crippen LogP contribution in [0.15, 0.2) is 36.4 Å². The average molecular weight is 404 g/mol. The predicted molar refractivity (Wildman–Crippen MR) is 111 cm³/mol. The molecule has 0 radical (unpaired) electrons. The van der Waals surface area contributed by atoms with Gasteiger partial charge >= 0.3 is 5.97 Å². The average Bonchev–Trinajstić information content (AvgIpc) is 3.03. The number of hydrogen-bond donors (Lipinski definition) is 2. The maximum absolute atomic E-state index is 12.2. The molecule has 0 saturated carbocycles. The van der Waals surface area contributed by atoms with Gasteiger partial charge in [0, 0.05) is 32.9 Å². The summed E-state index contributed by atoms with van der Waals surface area (Å²) in [5, 5.41) is 19.0. The SMILES string of the molecule is COCc1cccc(C[C@H](O)C=C[C@H]2CCC(=O)N2CCCCCCC(=O)O)c1. The van der Waals surface area contributed by atoms with E-state index in [-0.39, 0.29) is 18.4 Å². The number of rotatable bonds is 13. The number of carbonyl (C=O) groups is 2. The number of aliphatic hydroxyl groups excluding tert-OH is 1. The Labute approximate surface area is 173 Å². The number of unbranched alkanes of at least 4 members (excludes halogenated alkanes) is 3. The number of nitrogens with zero attached hydrogens (tertiary/aromatic N) is 1. The maximum atomic E-state index is 12.2. The molecular weight excluding hydrogens is 370 g/mol. The largest absolute Gasteiger partial charge is 0.481 e. The van der Waals surface area contributed by atoms with Crippen molar-refractivity contribution in [1.29, 1.82) is 0 Å². The lowest BCUT2D eigenvalue weighted by molar-refractivity contribution is -0.137. The Kier molecular flexibility index (Phi) is 9.88. The Morgan fingerprint density at radius 1 is 1.28 bits per heavy atom. The summed E-state index contributed by atoms with van der Waals surface area (Å²) in [4.78, 5) is 24.6. The van der Waals surface area contributed by atoms with Crippen LogP contribution in [0.2, 0.25) is 0 Å². The zero-order valence-corrected chi connectivity index (χ0v) is 17.3. The number of methoxy groups -OCH3 is 1. The molecule has 1 aromatic rings. The van der Waals surface area contributed by atoms with E-state index in [1.807, 2.05) is 35.2 Å². The first-order valence-corrected chi connectivity index (χ1v) is 10.4. The first kappa shape index (κ1) is 23.1. The van der Waals surface area contributed by atoms with Gasteiger partial charge in [-0.3, -0.25) is 9.59 Å². The van der Waals surface area contributed by atoms with Crippen molar-refractivity contribution in [2.75, 3.05) is 13.7 Å². The number of carboxylic acids is 1. The summed E-state index contributed by atoms with van der Waals surface area (Å²) < 4.78 is 5.15. The first-order valence-electron chi connectivity index (χ1n) is 10.4. The Morgan fingerprint density at radius 3 is 2.79 bits per heavy atom. The van der Waals surface area contributed by atoms with E-state index in [1.165, 1.54) is 0 Å². The van der Waals surface area contributed by atoms with Gasteiger partial charge in [-0.2, -0.15) is 0 Å². The number of amides is 1. The van der Waals surface area contributed by atoms with Gasteiger partial charge in [0.15, 0.2) is 0 Å². The molecule has 6 nitrogen and oxygen atoms in total. The van der Waals surface area contributed by atoms with Gasteiger partial charge in [-0.1, -0.05) is 49.3 Å². The topological polar surface area (TPSA) is 87.1 Å². The van der Waals surface area contributed by atoms with E-state index in [9.17, 15) is 14.7 Å². The molecule has 1 fully saturated rings. The number of carboxylic acid groups (broad SMARTS) is 1. The van der Waals surface area contributed by atoms with Crippen LogP contribution in [0.3, 0.4) is 0 Å². The monoisotopic (exact) mass is 403 g/mol. The Hall–Kier alpha value is -2.18. The maximum Gasteiger partial charge on any atom is 0.303 e. The molecule has 2 rings (SSSR count). The number of hydrogen-bond acceptors (Lipinski definition) is 4. The number of benzene rings is 1. The van der Waals surface area contributed by atoms with Gasteiger partial charge < -0.3 is 19.8 Å². The molecule has 2 atom stereocenters. The van der Waals surface area contributed by atoms with Crippen LogP contribution in [-0.4, -0.2) is 52.8 Å². The zero-order valence-electron chi connectivity index (χ0n) is 17.3. The molecule has 1 heterocycles. The molecule has 1 amide bonds. The summed E-state index contributed by atoms with van der Waals surface area (Å²) in [6.07, 6.45) is 8.58. The molecule has 6 heteroatoms. The number of likely N-dealkylation sites (tertiary alicyclic amines) is 1. The number of aliphatic hydroxyl groups is 1. The van der Waals surface area contributed by atoms with Crippen molar-refractivity contribution in [3.63, 3.8) is 0 Å². The van der Waals surface area contributed by atoms with Crippen LogP contribution in [0.1, 0.15) is 56.1 Å². The van der Waals surface area contributed by atoms with Crippen molar-refractivity contribution in [2.24, 2.45) is 0 Å². The van der Waals surface area contributed by atoms with E-state index in [0.717, 1.165) is 36.8 Å². The van der Waals surface area contributed by atoms with Crippen molar-refractivity contribution >= 4 is 11.9 Å². The van der Waals surface area contributed by atoms with Gasteiger partial charge in [0.25, 0.3) is 0 Å². The van der Waals surface area contributed by atoms with E-state index in [1.54, 1.807) is 13.2 Å². The number of carbonyl (C=O) groups excluding carboxylic acids is 1. The summed E-state index contributed by atoms with van der Waals surface area (Å²) in [7, 11) is 1.66. The molecule has 29 heavy (non-hydrogen) atoms. The second-order valence-electron chi connectivity index (χ2n) is 7.66. The lowest BCUT2D eigenvalue weighted by Gasteiger charge is -2.22. The normalized spacial score (nSPS) is 17.9. The summed E-state index contributed by atoms with van der Waals surface area (Å²) in [5.74, 6) is -0.596. The van der Waals surface area contributed by atoms with Crippen LogP contribution in [-0.2, 0) is 27.4 Å². The smallest absolute Gasteiger partial charge is 0.303 e. The molecule has 0 bridgehead atoms. The molecule has 1 saturated heterocycles. The summed E-state index contributed by atoms with van der Waals surface area (Å²) in [6.45, 7) is 1.24. The van der Waals surface area contributed by atoms with E-state index in [0.29, 0.717) is 32.4 Å². The fourth-order valence-corrected chi connectivity index (χ4v) is 3.74. The van der Waals surface area contributed by atoms with Crippen molar-refractivity contribution in [2.45, 2.75) is 70.1 Å². The van der Waals surface area contributed by atoms with Crippen LogP contribution < -0.4 is 0 Å². The van der Waals surface area contributed by atoms with Crippen molar-refractivity contribution in [3.8, 4) is 0 Å². The lowest BCUT2D eigenvalue weighted by Crippen LogP contribution is -2.32. The summed E-state index contributed by atoms with van der Waals surface area (Å²) in [6, 6.07) is 8.03. The van der Waals surface area contributed by atoms with Crippen LogP contribution >= 0.6 is 0 Å². The Balaban J connectivity index is 1.79. The molecule has 1 aliphatic heterocycles. The van der Waals surface area contributed by atoms with E-state index < -0.39 is 12.1 Å². The molecule has 0 spiro atoms. The van der Waals surface area contributed by atoms with Crippen molar-refractivity contribution < 1.29 is 24.5 Å². The lowest BCUT2D eigenvalue weighted by atomic mass is 10.0. The highest BCUT2D eigenvalue weighted by Crippen LogP contribution is 2.21. The van der Waals surface area contributed by atoms with Crippen LogP contribution in [0.5, 0.6) is 0 Å². The summed E-state index contributed by atoms with van der Waals surface area (Å²) >= 11 is 0. The van der Waals surface area contributed by atoms with Crippen LogP contribution in [0.4, 0.5) is 0 Å². The van der Waals surface area contributed by atoms with Crippen molar-refractivity contribution in [1.82, 2.24) is 4.90 Å². The highest BCUT2D eigenvalue weighted by Gasteiger charge is 2.28. The third-order valence-electron chi connectivity index (χ3n) is 5.22. The van der Waals surface area contributed by atoms with Gasteiger partial charge in [-0.15, -0.1) is 0 Å². The third kappa shape index (κ3) is 8.38. The quantitative estimate of drug-likeness (QED) is 0.390. The molecule has 1 aliphatic rings. The van der Waals surface area contributed by atoms with Crippen LogP contribution in [0.25, 0.3) is 0 Å². The minimum Gasteiger partial charge on any atom is -0.481 e. The van der Waals surface area contributed by atoms with E-state index >= 15 is 0 Å². The Bertz CT molecular complexity index is 688. The van der Waals surface area contributed by atoms with E-state index in [4.69, 9.17) is 9.84 Å². The van der Waals surface area contributed by atoms with Gasteiger partial charge in [-0.05, 0) is 30.4 Å². The zero-order chi connectivity index (χ0) is 21.1. The summed E-state index contributed by atoms with van der Waals surface area (Å²) in [5.41, 5.74) is 2.13. The Morgan fingerprint density at radius 2 is 2.03 bits per heavy atom.